The molecule has 0 saturated heterocycles. The molecule has 16 heavy (non-hydrogen) atoms. The quantitative estimate of drug-likeness (QED) is 0.827. The van der Waals surface area contributed by atoms with Gasteiger partial charge in [-0.15, -0.1) is 0 Å². The van der Waals surface area contributed by atoms with Crippen molar-refractivity contribution >= 4 is 23.2 Å². The van der Waals surface area contributed by atoms with Crippen molar-refractivity contribution in [3.05, 3.63) is 56.4 Å². The summed E-state index contributed by atoms with van der Waals surface area (Å²) < 4.78 is 0. The predicted molar refractivity (Wildman–Crippen MR) is 67.3 cm³/mol. The van der Waals surface area contributed by atoms with Crippen molar-refractivity contribution in [2.45, 2.75) is 6.92 Å². The van der Waals surface area contributed by atoms with Crippen LogP contribution < -0.4 is 5.56 Å². The molecule has 0 amide bonds. The van der Waals surface area contributed by atoms with E-state index in [1.54, 1.807) is 6.07 Å². The molecule has 0 atom stereocenters. The van der Waals surface area contributed by atoms with E-state index >= 15 is 0 Å². The minimum atomic E-state index is -0.199. The number of aryl methyl sites for hydroxylation is 1. The number of hydrogen-bond donors (Lipinski definition) is 1. The van der Waals surface area contributed by atoms with Gasteiger partial charge in [0.15, 0.2) is 0 Å². The zero-order valence-electron chi connectivity index (χ0n) is 8.55. The van der Waals surface area contributed by atoms with E-state index in [9.17, 15) is 4.79 Å². The molecule has 0 spiro atoms. The molecule has 0 saturated carbocycles. The Morgan fingerprint density at radius 2 is 1.88 bits per heavy atom. The molecule has 2 nitrogen and oxygen atoms in total. The first-order chi connectivity index (χ1) is 7.58. The highest BCUT2D eigenvalue weighted by Crippen LogP contribution is 2.27. The van der Waals surface area contributed by atoms with E-state index in [1.807, 2.05) is 25.1 Å². The number of rotatable bonds is 1. The van der Waals surface area contributed by atoms with E-state index < -0.39 is 0 Å². The molecule has 2 aromatic rings. The van der Waals surface area contributed by atoms with Gasteiger partial charge in [-0.3, -0.25) is 4.79 Å². The Balaban J connectivity index is 2.67. The highest BCUT2D eigenvalue weighted by Gasteiger charge is 2.08. The fraction of sp³-hybridized carbons (Fsp3) is 0.0833. The van der Waals surface area contributed by atoms with Crippen LogP contribution in [0.4, 0.5) is 0 Å². The minimum absolute atomic E-state index is 0.199. The Kier molecular flexibility index (Phi) is 3.03. The smallest absolute Gasteiger partial charge is 0.255 e. The van der Waals surface area contributed by atoms with Crippen LogP contribution in [0.5, 0.6) is 0 Å². The summed E-state index contributed by atoms with van der Waals surface area (Å²) in [7, 11) is 0. The molecule has 0 aliphatic rings. The molecule has 4 heteroatoms. The van der Waals surface area contributed by atoms with Gasteiger partial charge in [0, 0.05) is 22.3 Å². The van der Waals surface area contributed by atoms with E-state index in [2.05, 4.69) is 4.98 Å². The standard InChI is InChI=1S/C12H9Cl2NO/c1-7-2-3-9(11(14)4-7)10-5-8(13)6-15-12(10)16/h2-6H,1H3,(H,15,16). The van der Waals surface area contributed by atoms with E-state index in [4.69, 9.17) is 23.2 Å². The van der Waals surface area contributed by atoms with Crippen LogP contribution in [0.1, 0.15) is 5.56 Å². The van der Waals surface area contributed by atoms with Crippen LogP contribution in [0.3, 0.4) is 0 Å². The highest BCUT2D eigenvalue weighted by molar-refractivity contribution is 6.33. The number of nitrogens with one attached hydrogen (secondary N) is 1. The minimum Gasteiger partial charge on any atom is -0.327 e. The number of aromatic amines is 1. The van der Waals surface area contributed by atoms with Gasteiger partial charge in [-0.25, -0.2) is 0 Å². The van der Waals surface area contributed by atoms with Crippen molar-refractivity contribution in [2.24, 2.45) is 0 Å². The first kappa shape index (κ1) is 11.2. The van der Waals surface area contributed by atoms with Gasteiger partial charge >= 0.3 is 0 Å². The monoisotopic (exact) mass is 253 g/mol. The van der Waals surface area contributed by atoms with Crippen LogP contribution >= 0.6 is 23.2 Å². The summed E-state index contributed by atoms with van der Waals surface area (Å²) in [5.41, 5.74) is 2.02. The van der Waals surface area contributed by atoms with E-state index in [0.29, 0.717) is 21.2 Å². The molecular formula is C12H9Cl2NO. The lowest BCUT2D eigenvalue weighted by Crippen LogP contribution is -2.07. The topological polar surface area (TPSA) is 32.9 Å². The van der Waals surface area contributed by atoms with Crippen LogP contribution in [0.15, 0.2) is 35.3 Å². The van der Waals surface area contributed by atoms with E-state index in [0.717, 1.165) is 5.56 Å². The molecule has 1 aromatic carbocycles. The Hall–Kier alpha value is -1.25. The van der Waals surface area contributed by atoms with Crippen molar-refractivity contribution in [2.75, 3.05) is 0 Å². The van der Waals surface area contributed by atoms with Crippen LogP contribution in [0.25, 0.3) is 11.1 Å². The maximum Gasteiger partial charge on any atom is 0.255 e. The number of aromatic nitrogens is 1. The Morgan fingerprint density at radius 1 is 1.12 bits per heavy atom. The summed E-state index contributed by atoms with van der Waals surface area (Å²) in [4.78, 5) is 14.2. The summed E-state index contributed by atoms with van der Waals surface area (Å²) in [6.07, 6.45) is 1.45. The first-order valence-electron chi connectivity index (χ1n) is 4.72. The maximum absolute atomic E-state index is 11.6. The summed E-state index contributed by atoms with van der Waals surface area (Å²) >= 11 is 11.9. The third-order valence-electron chi connectivity index (χ3n) is 2.28. The Bertz CT molecular complexity index is 590. The molecule has 82 valence electrons. The second-order valence-corrected chi connectivity index (χ2v) is 4.39. The van der Waals surface area contributed by atoms with Crippen LogP contribution in [-0.4, -0.2) is 4.98 Å². The molecule has 1 N–H and O–H groups in total. The molecule has 0 bridgehead atoms. The third-order valence-corrected chi connectivity index (χ3v) is 2.81. The zero-order chi connectivity index (χ0) is 11.7. The van der Waals surface area contributed by atoms with Crippen LogP contribution in [0, 0.1) is 6.92 Å². The SMILES string of the molecule is Cc1ccc(-c2cc(Cl)c[nH]c2=O)c(Cl)c1. The van der Waals surface area contributed by atoms with Gasteiger partial charge in [0.05, 0.1) is 5.02 Å². The van der Waals surface area contributed by atoms with Gasteiger partial charge in [0.2, 0.25) is 0 Å². The Labute approximate surface area is 103 Å². The highest BCUT2D eigenvalue weighted by atomic mass is 35.5. The summed E-state index contributed by atoms with van der Waals surface area (Å²) in [6, 6.07) is 7.15. The number of hydrogen-bond acceptors (Lipinski definition) is 1. The lowest BCUT2D eigenvalue weighted by Gasteiger charge is -2.04. The lowest BCUT2D eigenvalue weighted by molar-refractivity contribution is 1.24. The molecule has 2 rings (SSSR count). The van der Waals surface area contributed by atoms with Crippen molar-refractivity contribution < 1.29 is 0 Å². The molecule has 0 radical (unpaired) electrons. The normalized spacial score (nSPS) is 10.4. The average Bonchev–Trinajstić information content (AvgIpc) is 2.22. The number of benzene rings is 1. The van der Waals surface area contributed by atoms with Gasteiger partial charge in [0.25, 0.3) is 5.56 Å². The zero-order valence-corrected chi connectivity index (χ0v) is 10.1. The van der Waals surface area contributed by atoms with Gasteiger partial charge in [-0.1, -0.05) is 35.3 Å². The molecule has 0 aliphatic carbocycles. The number of halogens is 2. The second kappa shape index (κ2) is 4.32. The van der Waals surface area contributed by atoms with Gasteiger partial charge in [0.1, 0.15) is 0 Å². The van der Waals surface area contributed by atoms with Crippen molar-refractivity contribution in [3.8, 4) is 11.1 Å². The number of pyridine rings is 1. The summed E-state index contributed by atoms with van der Waals surface area (Å²) in [6.45, 7) is 1.94. The molecular weight excluding hydrogens is 245 g/mol. The fourth-order valence-electron chi connectivity index (χ4n) is 1.50. The Morgan fingerprint density at radius 3 is 2.56 bits per heavy atom. The van der Waals surface area contributed by atoms with E-state index in [1.165, 1.54) is 6.20 Å². The van der Waals surface area contributed by atoms with Gasteiger partial charge < -0.3 is 4.98 Å². The lowest BCUT2D eigenvalue weighted by atomic mass is 10.1. The maximum atomic E-state index is 11.6. The van der Waals surface area contributed by atoms with E-state index in [-0.39, 0.29) is 5.56 Å². The molecule has 1 aromatic heterocycles. The van der Waals surface area contributed by atoms with Gasteiger partial charge in [-0.05, 0) is 24.6 Å². The average molecular weight is 254 g/mol. The predicted octanol–water partition coefficient (Wildman–Crippen LogP) is 3.66. The van der Waals surface area contributed by atoms with Gasteiger partial charge in [-0.2, -0.15) is 0 Å². The largest absolute Gasteiger partial charge is 0.327 e. The van der Waals surface area contributed by atoms with Crippen molar-refractivity contribution in [3.63, 3.8) is 0 Å². The van der Waals surface area contributed by atoms with Crippen LogP contribution in [-0.2, 0) is 0 Å². The fourth-order valence-corrected chi connectivity index (χ4v) is 2.00. The molecule has 0 fully saturated rings. The van der Waals surface area contributed by atoms with Crippen molar-refractivity contribution in [1.29, 1.82) is 0 Å². The summed E-state index contributed by atoms with van der Waals surface area (Å²) in [5.74, 6) is 0. The molecule has 0 aliphatic heterocycles. The molecule has 0 unspecified atom stereocenters. The first-order valence-corrected chi connectivity index (χ1v) is 5.48. The van der Waals surface area contributed by atoms with Crippen LogP contribution in [0.2, 0.25) is 10.0 Å². The summed E-state index contributed by atoms with van der Waals surface area (Å²) in [5, 5.41) is 1.03. The molecule has 1 heterocycles. The number of H-pyrrole nitrogens is 1. The third kappa shape index (κ3) is 2.13. The second-order valence-electron chi connectivity index (χ2n) is 3.54. The van der Waals surface area contributed by atoms with Crippen molar-refractivity contribution in [1.82, 2.24) is 4.98 Å².